The zero-order valence-corrected chi connectivity index (χ0v) is 19.2. The summed E-state index contributed by atoms with van der Waals surface area (Å²) in [7, 11) is 0. The molecule has 8 heteroatoms. The number of piperidine rings is 1. The van der Waals surface area contributed by atoms with Crippen LogP contribution in [0, 0.1) is 18.7 Å². The Labute approximate surface area is 188 Å². The Morgan fingerprint density at radius 3 is 2.59 bits per heavy atom. The molecule has 0 N–H and O–H groups in total. The fourth-order valence-corrected chi connectivity index (χ4v) is 4.79. The molecule has 174 valence electrons. The smallest absolute Gasteiger partial charge is 0.227 e. The Bertz CT molecular complexity index is 916. The molecule has 0 aliphatic carbocycles. The molecule has 2 aromatic rings. The predicted octanol–water partition coefficient (Wildman–Crippen LogP) is 3.46. The van der Waals surface area contributed by atoms with Gasteiger partial charge in [-0.3, -0.25) is 9.69 Å². The lowest BCUT2D eigenvalue weighted by molar-refractivity contribution is -0.132. The van der Waals surface area contributed by atoms with Gasteiger partial charge in [-0.2, -0.15) is 4.98 Å². The third kappa shape index (κ3) is 5.72. The maximum atomic E-state index is 13.5. The lowest BCUT2D eigenvalue weighted by Crippen LogP contribution is -2.48. The third-order valence-electron chi connectivity index (χ3n) is 6.42. The van der Waals surface area contributed by atoms with Crippen LogP contribution in [-0.2, 0) is 16.0 Å². The lowest BCUT2D eigenvalue weighted by atomic mass is 9.95. The van der Waals surface area contributed by atoms with Gasteiger partial charge in [0.2, 0.25) is 17.6 Å². The van der Waals surface area contributed by atoms with Crippen molar-refractivity contribution in [1.29, 1.82) is 0 Å². The van der Waals surface area contributed by atoms with Crippen LogP contribution in [0.3, 0.4) is 0 Å². The number of likely N-dealkylation sites (tertiary alicyclic amines) is 1. The number of ether oxygens (including phenoxy) is 1. The molecule has 2 unspecified atom stereocenters. The minimum atomic E-state index is -0.263. The topological polar surface area (TPSA) is 71.7 Å². The van der Waals surface area contributed by atoms with Gasteiger partial charge in [-0.05, 0) is 63.3 Å². The summed E-state index contributed by atoms with van der Waals surface area (Å²) in [6, 6.07) is 4.72. The van der Waals surface area contributed by atoms with Crippen molar-refractivity contribution in [2.24, 2.45) is 5.92 Å². The lowest BCUT2D eigenvalue weighted by Gasteiger charge is -2.39. The van der Waals surface area contributed by atoms with Crippen LogP contribution in [0.2, 0.25) is 0 Å². The molecule has 0 spiro atoms. The van der Waals surface area contributed by atoms with Crippen molar-refractivity contribution >= 4 is 5.91 Å². The number of amides is 1. The molecule has 7 nitrogen and oxygen atoms in total. The van der Waals surface area contributed by atoms with E-state index in [0.29, 0.717) is 41.6 Å². The molecule has 3 heterocycles. The maximum absolute atomic E-state index is 13.5. The first-order valence-electron chi connectivity index (χ1n) is 11.6. The van der Waals surface area contributed by atoms with Crippen molar-refractivity contribution in [3.05, 3.63) is 35.5 Å². The number of hydrogen-bond acceptors (Lipinski definition) is 6. The van der Waals surface area contributed by atoms with Crippen molar-refractivity contribution in [3.8, 4) is 11.4 Å². The van der Waals surface area contributed by atoms with Crippen LogP contribution in [0.4, 0.5) is 4.39 Å². The van der Waals surface area contributed by atoms with Crippen LogP contribution in [-0.4, -0.2) is 70.8 Å². The average Bonchev–Trinajstić information content (AvgIpc) is 3.23. The number of carbonyl (C=O) groups excluding carboxylic acids is 1. The highest BCUT2D eigenvalue weighted by Crippen LogP contribution is 2.22. The van der Waals surface area contributed by atoms with Gasteiger partial charge in [0.25, 0.3) is 0 Å². The molecular formula is C24H33FN4O3. The van der Waals surface area contributed by atoms with Crippen LogP contribution >= 0.6 is 0 Å². The van der Waals surface area contributed by atoms with Gasteiger partial charge in [-0.15, -0.1) is 0 Å². The van der Waals surface area contributed by atoms with Gasteiger partial charge in [0.05, 0.1) is 12.2 Å². The second kappa shape index (κ2) is 10.1. The van der Waals surface area contributed by atoms with Crippen molar-refractivity contribution < 1.29 is 18.4 Å². The Balaban J connectivity index is 1.22. The summed E-state index contributed by atoms with van der Waals surface area (Å²) in [6.45, 7) is 10.7. The summed E-state index contributed by atoms with van der Waals surface area (Å²) in [5, 5.41) is 3.98. The number of aryl methyl sites for hydroxylation is 2. The van der Waals surface area contributed by atoms with Crippen LogP contribution in [0.1, 0.15) is 44.6 Å². The van der Waals surface area contributed by atoms with Crippen molar-refractivity contribution in [3.63, 3.8) is 0 Å². The van der Waals surface area contributed by atoms with Gasteiger partial charge in [-0.25, -0.2) is 4.39 Å². The first-order valence-corrected chi connectivity index (χ1v) is 11.6. The Kier molecular flexibility index (Phi) is 7.20. The molecule has 2 fully saturated rings. The van der Waals surface area contributed by atoms with E-state index in [9.17, 15) is 9.18 Å². The molecule has 2 atom stereocenters. The van der Waals surface area contributed by atoms with Gasteiger partial charge < -0.3 is 14.2 Å². The third-order valence-corrected chi connectivity index (χ3v) is 6.42. The molecule has 1 aromatic heterocycles. The Hall–Kier alpha value is -2.32. The molecule has 0 radical (unpaired) electrons. The van der Waals surface area contributed by atoms with Crippen molar-refractivity contribution in [2.45, 2.75) is 58.7 Å². The number of aromatic nitrogens is 2. The number of carbonyl (C=O) groups is 1. The standard InChI is InChI=1S/C24H33FN4O3/c1-16-12-20(4-5-21(16)25)24-26-22(32-27-24)6-7-23(30)29-10-8-19(9-11-29)15-28-13-17(2)31-18(3)14-28/h4-5,12,17-19H,6-11,13-15H2,1-3H3. The maximum Gasteiger partial charge on any atom is 0.227 e. The number of halogens is 1. The summed E-state index contributed by atoms with van der Waals surface area (Å²) in [5.41, 5.74) is 1.24. The number of hydrogen-bond donors (Lipinski definition) is 0. The Morgan fingerprint density at radius 2 is 1.91 bits per heavy atom. The second-order valence-electron chi connectivity index (χ2n) is 9.28. The second-order valence-corrected chi connectivity index (χ2v) is 9.28. The normalized spacial score (nSPS) is 22.9. The largest absolute Gasteiger partial charge is 0.373 e. The van der Waals surface area contributed by atoms with Gasteiger partial charge >= 0.3 is 0 Å². The monoisotopic (exact) mass is 444 g/mol. The SMILES string of the molecule is Cc1cc(-c2noc(CCC(=O)N3CCC(CN4CC(C)OC(C)C4)CC3)n2)ccc1F. The van der Waals surface area contributed by atoms with E-state index in [1.165, 1.54) is 6.07 Å². The van der Waals surface area contributed by atoms with Gasteiger partial charge in [0.1, 0.15) is 5.82 Å². The highest BCUT2D eigenvalue weighted by atomic mass is 19.1. The van der Waals surface area contributed by atoms with E-state index in [1.54, 1.807) is 19.1 Å². The van der Waals surface area contributed by atoms with Gasteiger partial charge in [0.15, 0.2) is 0 Å². The number of rotatable bonds is 6. The molecule has 2 aliphatic rings. The van der Waals surface area contributed by atoms with Crippen molar-refractivity contribution in [2.75, 3.05) is 32.7 Å². The Morgan fingerprint density at radius 1 is 1.19 bits per heavy atom. The van der Waals surface area contributed by atoms with Crippen LogP contribution in [0.5, 0.6) is 0 Å². The molecular weight excluding hydrogens is 411 g/mol. The quantitative estimate of drug-likeness (QED) is 0.680. The summed E-state index contributed by atoms with van der Waals surface area (Å²) < 4.78 is 24.6. The van der Waals surface area contributed by atoms with E-state index < -0.39 is 0 Å². The highest BCUT2D eigenvalue weighted by Gasteiger charge is 2.28. The molecule has 0 saturated carbocycles. The van der Waals surface area contributed by atoms with E-state index in [-0.39, 0.29) is 23.9 Å². The van der Waals surface area contributed by atoms with E-state index >= 15 is 0 Å². The van der Waals surface area contributed by atoms with E-state index in [2.05, 4.69) is 28.9 Å². The molecule has 1 amide bonds. The first-order chi connectivity index (χ1) is 15.4. The van der Waals surface area contributed by atoms with Crippen molar-refractivity contribution in [1.82, 2.24) is 19.9 Å². The summed E-state index contributed by atoms with van der Waals surface area (Å²) >= 11 is 0. The van der Waals surface area contributed by atoms with E-state index in [1.807, 2.05) is 4.90 Å². The minimum absolute atomic E-state index is 0.134. The predicted molar refractivity (Wildman–Crippen MR) is 119 cm³/mol. The number of nitrogens with zero attached hydrogens (tertiary/aromatic N) is 4. The van der Waals surface area contributed by atoms with E-state index in [0.717, 1.165) is 45.6 Å². The van der Waals surface area contributed by atoms with Crippen LogP contribution < -0.4 is 0 Å². The number of morpholine rings is 1. The summed E-state index contributed by atoms with van der Waals surface area (Å²) in [6.07, 6.45) is 3.43. The van der Waals surface area contributed by atoms with Gasteiger partial charge in [-0.1, -0.05) is 5.16 Å². The van der Waals surface area contributed by atoms with Crippen LogP contribution in [0.25, 0.3) is 11.4 Å². The number of benzene rings is 1. The summed E-state index contributed by atoms with van der Waals surface area (Å²) in [5.74, 6) is 1.36. The average molecular weight is 445 g/mol. The highest BCUT2D eigenvalue weighted by molar-refractivity contribution is 5.76. The first kappa shape index (κ1) is 22.9. The fourth-order valence-electron chi connectivity index (χ4n) is 4.79. The molecule has 2 aliphatic heterocycles. The zero-order valence-electron chi connectivity index (χ0n) is 19.2. The summed E-state index contributed by atoms with van der Waals surface area (Å²) in [4.78, 5) is 21.5. The molecule has 32 heavy (non-hydrogen) atoms. The fraction of sp³-hybridized carbons (Fsp3) is 0.625. The van der Waals surface area contributed by atoms with Crippen LogP contribution in [0.15, 0.2) is 22.7 Å². The van der Waals surface area contributed by atoms with Gasteiger partial charge in [0, 0.05) is 51.1 Å². The molecule has 2 saturated heterocycles. The molecule has 0 bridgehead atoms. The van der Waals surface area contributed by atoms with E-state index in [4.69, 9.17) is 9.26 Å². The molecule has 1 aromatic carbocycles. The molecule has 4 rings (SSSR count). The zero-order chi connectivity index (χ0) is 22.7. The minimum Gasteiger partial charge on any atom is -0.373 e.